The van der Waals surface area contributed by atoms with Crippen molar-refractivity contribution in [2.75, 3.05) is 26.7 Å². The number of nitrogens with one attached hydrogen (secondary N) is 1. The molecular formula is C14H22N4O3. The molecule has 2 heterocycles. The molecule has 116 valence electrons. The number of nitrogen functional groups attached to an aromatic ring is 1. The van der Waals surface area contributed by atoms with Crippen LogP contribution in [0.1, 0.15) is 34.7 Å². The molecule has 1 aromatic heterocycles. The van der Waals surface area contributed by atoms with Gasteiger partial charge >= 0.3 is 5.91 Å². The number of likely N-dealkylation sites (tertiary alicyclic amines) is 1. The Morgan fingerprint density at radius 3 is 2.71 bits per heavy atom. The summed E-state index contributed by atoms with van der Waals surface area (Å²) in [5.74, 6) is 5.64. The summed E-state index contributed by atoms with van der Waals surface area (Å²) >= 11 is 0. The van der Waals surface area contributed by atoms with E-state index >= 15 is 0 Å². The van der Waals surface area contributed by atoms with Gasteiger partial charge in [0.2, 0.25) is 5.91 Å². The van der Waals surface area contributed by atoms with Crippen molar-refractivity contribution in [2.24, 2.45) is 5.84 Å². The van der Waals surface area contributed by atoms with Crippen LogP contribution in [0.5, 0.6) is 0 Å². The van der Waals surface area contributed by atoms with Gasteiger partial charge in [0.15, 0.2) is 5.76 Å². The zero-order valence-corrected chi connectivity index (χ0v) is 12.5. The van der Waals surface area contributed by atoms with Gasteiger partial charge in [0.25, 0.3) is 0 Å². The number of nitrogens with two attached hydrogens (primary N) is 1. The average Bonchev–Trinajstić information content (AvgIpc) is 3.07. The predicted octanol–water partition coefficient (Wildman–Crippen LogP) is 0.246. The molecule has 0 aliphatic carbocycles. The fourth-order valence-electron chi connectivity index (χ4n) is 2.54. The molecule has 0 unspecified atom stereocenters. The molecule has 1 aliphatic rings. The molecule has 3 N–H and O–H groups in total. The van der Waals surface area contributed by atoms with Crippen LogP contribution in [-0.4, -0.2) is 48.3 Å². The number of carbonyl (C=O) groups excluding carboxylic acids is 2. The quantitative estimate of drug-likeness (QED) is 0.461. The van der Waals surface area contributed by atoms with Gasteiger partial charge < -0.3 is 9.32 Å². The molecule has 1 fully saturated rings. The van der Waals surface area contributed by atoms with Crippen molar-refractivity contribution in [3.8, 4) is 0 Å². The highest BCUT2D eigenvalue weighted by Gasteiger charge is 2.20. The minimum absolute atomic E-state index is 0.137. The molecule has 0 aromatic carbocycles. The summed E-state index contributed by atoms with van der Waals surface area (Å²) in [6.07, 6.45) is 2.18. The zero-order valence-electron chi connectivity index (χ0n) is 12.5. The van der Waals surface area contributed by atoms with Crippen molar-refractivity contribution >= 4 is 11.8 Å². The lowest BCUT2D eigenvalue weighted by Crippen LogP contribution is -2.36. The Labute approximate surface area is 124 Å². The van der Waals surface area contributed by atoms with Crippen LogP contribution in [-0.2, 0) is 11.3 Å². The van der Waals surface area contributed by atoms with Crippen molar-refractivity contribution in [2.45, 2.75) is 26.3 Å². The molecule has 1 aromatic rings. The number of rotatable bonds is 5. The minimum atomic E-state index is -0.449. The van der Waals surface area contributed by atoms with Crippen LogP contribution in [0.3, 0.4) is 0 Å². The van der Waals surface area contributed by atoms with Crippen LogP contribution in [0.4, 0.5) is 0 Å². The molecule has 2 amide bonds. The highest BCUT2D eigenvalue weighted by molar-refractivity contribution is 5.92. The van der Waals surface area contributed by atoms with Gasteiger partial charge in [-0.25, -0.2) is 5.84 Å². The minimum Gasteiger partial charge on any atom is -0.454 e. The first-order valence-electron chi connectivity index (χ1n) is 7.08. The highest BCUT2D eigenvalue weighted by atomic mass is 16.4. The van der Waals surface area contributed by atoms with Gasteiger partial charge in [0, 0.05) is 18.7 Å². The van der Waals surface area contributed by atoms with Crippen LogP contribution >= 0.6 is 0 Å². The van der Waals surface area contributed by atoms with E-state index in [0.29, 0.717) is 18.8 Å². The summed E-state index contributed by atoms with van der Waals surface area (Å²) in [4.78, 5) is 27.3. The number of likely N-dealkylation sites (N-methyl/N-ethyl adjacent to an activating group) is 1. The fourth-order valence-corrected chi connectivity index (χ4v) is 2.54. The zero-order chi connectivity index (χ0) is 15.4. The molecule has 0 atom stereocenters. The third kappa shape index (κ3) is 3.83. The fraction of sp³-hybridized carbons (Fsp3) is 0.571. The first kappa shape index (κ1) is 15.5. The summed E-state index contributed by atoms with van der Waals surface area (Å²) < 4.78 is 5.49. The molecule has 1 saturated heterocycles. The Hall–Kier alpha value is -1.86. The van der Waals surface area contributed by atoms with Crippen molar-refractivity contribution < 1.29 is 14.0 Å². The first-order valence-corrected chi connectivity index (χ1v) is 7.08. The molecule has 21 heavy (non-hydrogen) atoms. The van der Waals surface area contributed by atoms with Gasteiger partial charge in [-0.3, -0.25) is 19.9 Å². The van der Waals surface area contributed by atoms with Crippen LogP contribution in [0.25, 0.3) is 0 Å². The molecule has 0 radical (unpaired) electrons. The van der Waals surface area contributed by atoms with E-state index in [1.165, 1.54) is 0 Å². The molecule has 0 saturated carbocycles. The topological polar surface area (TPSA) is 91.8 Å². The smallest absolute Gasteiger partial charge is 0.301 e. The van der Waals surface area contributed by atoms with E-state index in [9.17, 15) is 9.59 Å². The number of furan rings is 1. The standard InChI is InChI=1S/C14H22N4O3/c1-10-7-11(21-13(10)14(20)16-15)8-17(2)9-12(19)18-5-3-4-6-18/h7H,3-6,8-9,15H2,1-2H3,(H,16,20). The van der Waals surface area contributed by atoms with Crippen LogP contribution in [0.15, 0.2) is 10.5 Å². The third-order valence-electron chi connectivity index (χ3n) is 3.60. The maximum atomic E-state index is 12.0. The van der Waals surface area contributed by atoms with Crippen molar-refractivity contribution in [3.63, 3.8) is 0 Å². The van der Waals surface area contributed by atoms with E-state index < -0.39 is 5.91 Å². The monoisotopic (exact) mass is 294 g/mol. The molecule has 2 rings (SSSR count). The average molecular weight is 294 g/mol. The van der Waals surface area contributed by atoms with Crippen molar-refractivity contribution in [3.05, 3.63) is 23.2 Å². The number of nitrogens with zero attached hydrogens (tertiary/aromatic N) is 2. The Bertz CT molecular complexity index is 520. The summed E-state index contributed by atoms with van der Waals surface area (Å²) in [7, 11) is 1.86. The maximum Gasteiger partial charge on any atom is 0.301 e. The van der Waals surface area contributed by atoms with Gasteiger partial charge in [-0.2, -0.15) is 0 Å². The van der Waals surface area contributed by atoms with E-state index in [0.717, 1.165) is 31.5 Å². The molecule has 1 aliphatic heterocycles. The summed E-state index contributed by atoms with van der Waals surface area (Å²) in [5, 5.41) is 0. The summed E-state index contributed by atoms with van der Waals surface area (Å²) in [5.41, 5.74) is 2.78. The number of hydrogen-bond donors (Lipinski definition) is 2. The van der Waals surface area contributed by atoms with E-state index in [-0.39, 0.29) is 11.7 Å². The third-order valence-corrected chi connectivity index (χ3v) is 3.60. The van der Waals surface area contributed by atoms with E-state index in [2.05, 4.69) is 5.43 Å². The maximum absolute atomic E-state index is 12.0. The van der Waals surface area contributed by atoms with E-state index in [4.69, 9.17) is 10.3 Å². The molecule has 0 spiro atoms. The Kier molecular flexibility index (Phi) is 4.98. The number of hydrogen-bond acceptors (Lipinski definition) is 5. The van der Waals surface area contributed by atoms with Gasteiger partial charge in [-0.15, -0.1) is 0 Å². The molecule has 7 nitrogen and oxygen atoms in total. The van der Waals surface area contributed by atoms with E-state index in [1.54, 1.807) is 13.0 Å². The second-order valence-electron chi connectivity index (χ2n) is 5.46. The molecule has 0 bridgehead atoms. The first-order chi connectivity index (χ1) is 10.0. The van der Waals surface area contributed by atoms with Crippen molar-refractivity contribution in [1.82, 2.24) is 15.2 Å². The van der Waals surface area contributed by atoms with Gasteiger partial charge in [0.05, 0.1) is 13.1 Å². The van der Waals surface area contributed by atoms with Gasteiger partial charge in [0.1, 0.15) is 5.76 Å². The van der Waals surface area contributed by atoms with Gasteiger partial charge in [-0.05, 0) is 32.9 Å². The SMILES string of the molecule is Cc1cc(CN(C)CC(=O)N2CCCC2)oc1C(=O)NN. The second kappa shape index (κ2) is 6.73. The second-order valence-corrected chi connectivity index (χ2v) is 5.46. The normalized spacial score (nSPS) is 14.8. The Morgan fingerprint density at radius 1 is 1.43 bits per heavy atom. The molecule has 7 heteroatoms. The lowest BCUT2D eigenvalue weighted by Gasteiger charge is -2.20. The van der Waals surface area contributed by atoms with Crippen LogP contribution in [0, 0.1) is 6.92 Å². The van der Waals surface area contributed by atoms with E-state index in [1.807, 2.05) is 16.8 Å². The van der Waals surface area contributed by atoms with Crippen molar-refractivity contribution in [1.29, 1.82) is 0 Å². The summed E-state index contributed by atoms with van der Waals surface area (Å²) in [6, 6.07) is 1.79. The lowest BCUT2D eigenvalue weighted by molar-refractivity contribution is -0.131. The molecular weight excluding hydrogens is 272 g/mol. The Morgan fingerprint density at radius 2 is 2.10 bits per heavy atom. The highest BCUT2D eigenvalue weighted by Crippen LogP contribution is 2.16. The van der Waals surface area contributed by atoms with Crippen LogP contribution in [0.2, 0.25) is 0 Å². The number of carbonyl (C=O) groups is 2. The number of hydrazine groups is 1. The predicted molar refractivity (Wildman–Crippen MR) is 77.2 cm³/mol. The lowest BCUT2D eigenvalue weighted by atomic mass is 10.2. The van der Waals surface area contributed by atoms with Crippen LogP contribution < -0.4 is 11.3 Å². The Balaban J connectivity index is 1.91. The largest absolute Gasteiger partial charge is 0.454 e. The van der Waals surface area contributed by atoms with Gasteiger partial charge in [-0.1, -0.05) is 0 Å². The number of aryl methyl sites for hydroxylation is 1. The number of amides is 2. The summed E-state index contributed by atoms with van der Waals surface area (Å²) in [6.45, 7) is 4.31.